The summed E-state index contributed by atoms with van der Waals surface area (Å²) in [5.41, 5.74) is 3.19. The van der Waals surface area contributed by atoms with Crippen LogP contribution in [0.2, 0.25) is 0 Å². The molecule has 2 atom stereocenters. The Kier molecular flexibility index (Phi) is 4.16. The van der Waals surface area contributed by atoms with Gasteiger partial charge in [0.1, 0.15) is 11.9 Å². The third-order valence-corrected chi connectivity index (χ3v) is 5.53. The summed E-state index contributed by atoms with van der Waals surface area (Å²) in [5, 5.41) is 13.6. The normalized spacial score (nSPS) is 24.4. The number of anilines is 1. The van der Waals surface area contributed by atoms with E-state index in [0.29, 0.717) is 6.04 Å². The highest BCUT2D eigenvalue weighted by Gasteiger charge is 2.26. The molecular weight excluding hydrogens is 266 g/mol. The van der Waals surface area contributed by atoms with Crippen molar-refractivity contribution in [2.24, 2.45) is 0 Å². The van der Waals surface area contributed by atoms with Crippen LogP contribution in [0.3, 0.4) is 0 Å². The number of hydrogen-bond acceptors (Lipinski definition) is 4. The summed E-state index contributed by atoms with van der Waals surface area (Å²) in [7, 11) is 0. The van der Waals surface area contributed by atoms with Crippen LogP contribution in [0.4, 0.5) is 5.82 Å². The molecule has 1 saturated carbocycles. The molecule has 1 N–H and O–H groups in total. The van der Waals surface area contributed by atoms with Crippen molar-refractivity contribution in [2.45, 2.75) is 56.7 Å². The zero-order valence-corrected chi connectivity index (χ0v) is 12.8. The number of rotatable bonds is 4. The fourth-order valence-electron chi connectivity index (χ4n) is 3.32. The maximum absolute atomic E-state index is 9.33. The molecule has 2 aliphatic carbocycles. The Hall–Kier alpha value is -1.21. The number of fused-ring (bicyclic) bond motifs is 1. The van der Waals surface area contributed by atoms with Gasteiger partial charge in [0.05, 0.1) is 5.56 Å². The average Bonchev–Trinajstić information content (AvgIpc) is 3.07. The highest BCUT2D eigenvalue weighted by atomic mass is 32.2. The predicted molar refractivity (Wildman–Crippen MR) is 84.2 cm³/mol. The molecule has 2 unspecified atom stereocenters. The fourth-order valence-corrected chi connectivity index (χ4v) is 4.46. The van der Waals surface area contributed by atoms with Gasteiger partial charge in [0.2, 0.25) is 0 Å². The van der Waals surface area contributed by atoms with Crippen molar-refractivity contribution >= 4 is 17.6 Å². The Morgan fingerprint density at radius 3 is 3.15 bits per heavy atom. The van der Waals surface area contributed by atoms with E-state index in [2.05, 4.69) is 30.1 Å². The standard InChI is InChI=1S/C16H21N3S/c1-2-20-14-7-6-13(9-14)18-16-12(10-17)8-11-4-3-5-15(11)19-16/h8,13-14H,2-7,9H2,1H3,(H,18,19). The Balaban J connectivity index is 1.73. The molecule has 106 valence electrons. The van der Waals surface area contributed by atoms with Gasteiger partial charge in [0.25, 0.3) is 0 Å². The highest BCUT2D eigenvalue weighted by molar-refractivity contribution is 7.99. The molecule has 1 fully saturated rings. The minimum Gasteiger partial charge on any atom is -0.366 e. The van der Waals surface area contributed by atoms with Crippen molar-refractivity contribution in [3.8, 4) is 6.07 Å². The van der Waals surface area contributed by atoms with Crippen LogP contribution in [0.25, 0.3) is 0 Å². The Morgan fingerprint density at radius 2 is 2.35 bits per heavy atom. The summed E-state index contributed by atoms with van der Waals surface area (Å²) >= 11 is 2.06. The smallest absolute Gasteiger partial charge is 0.144 e. The van der Waals surface area contributed by atoms with Gasteiger partial charge in [0.15, 0.2) is 0 Å². The van der Waals surface area contributed by atoms with Crippen LogP contribution < -0.4 is 5.32 Å². The lowest BCUT2D eigenvalue weighted by Crippen LogP contribution is -2.18. The molecule has 0 saturated heterocycles. The van der Waals surface area contributed by atoms with E-state index in [0.717, 1.165) is 29.5 Å². The molecule has 1 aromatic rings. The van der Waals surface area contributed by atoms with Crippen molar-refractivity contribution < 1.29 is 0 Å². The second-order valence-electron chi connectivity index (χ2n) is 5.69. The molecular formula is C16H21N3S. The summed E-state index contributed by atoms with van der Waals surface area (Å²) in [6.07, 6.45) is 6.99. The first-order valence-corrected chi connectivity index (χ1v) is 8.66. The number of hydrogen-bond donors (Lipinski definition) is 1. The number of nitriles is 1. The molecule has 3 rings (SSSR count). The van der Waals surface area contributed by atoms with Crippen molar-refractivity contribution in [3.05, 3.63) is 22.9 Å². The van der Waals surface area contributed by atoms with Crippen molar-refractivity contribution in [1.29, 1.82) is 5.26 Å². The van der Waals surface area contributed by atoms with Gasteiger partial charge in [-0.1, -0.05) is 6.92 Å². The molecule has 1 heterocycles. The van der Waals surface area contributed by atoms with E-state index in [9.17, 15) is 5.26 Å². The van der Waals surface area contributed by atoms with Crippen LogP contribution in [0.1, 0.15) is 49.4 Å². The Morgan fingerprint density at radius 1 is 1.45 bits per heavy atom. The van der Waals surface area contributed by atoms with Crippen LogP contribution in [-0.4, -0.2) is 22.0 Å². The van der Waals surface area contributed by atoms with E-state index in [1.165, 1.54) is 42.7 Å². The van der Waals surface area contributed by atoms with Crippen LogP contribution in [0, 0.1) is 11.3 Å². The maximum Gasteiger partial charge on any atom is 0.144 e. The monoisotopic (exact) mass is 287 g/mol. The van der Waals surface area contributed by atoms with Gasteiger partial charge in [-0.15, -0.1) is 0 Å². The van der Waals surface area contributed by atoms with Crippen molar-refractivity contribution in [1.82, 2.24) is 4.98 Å². The van der Waals surface area contributed by atoms with E-state index in [-0.39, 0.29) is 0 Å². The summed E-state index contributed by atoms with van der Waals surface area (Å²) < 4.78 is 0. The summed E-state index contributed by atoms with van der Waals surface area (Å²) in [5.74, 6) is 2.01. The Labute approximate surface area is 125 Å². The number of nitrogens with one attached hydrogen (secondary N) is 1. The van der Waals surface area contributed by atoms with Gasteiger partial charge in [-0.3, -0.25) is 0 Å². The second kappa shape index (κ2) is 6.05. The van der Waals surface area contributed by atoms with Gasteiger partial charge in [-0.2, -0.15) is 17.0 Å². The highest BCUT2D eigenvalue weighted by Crippen LogP contribution is 2.32. The molecule has 0 aliphatic heterocycles. The molecule has 0 bridgehead atoms. The second-order valence-corrected chi connectivity index (χ2v) is 7.26. The summed E-state index contributed by atoms with van der Waals surface area (Å²) in [4.78, 5) is 4.72. The molecule has 20 heavy (non-hydrogen) atoms. The first-order chi connectivity index (χ1) is 9.80. The fraction of sp³-hybridized carbons (Fsp3) is 0.625. The van der Waals surface area contributed by atoms with Crippen LogP contribution in [0.15, 0.2) is 6.07 Å². The lowest BCUT2D eigenvalue weighted by atomic mass is 10.1. The van der Waals surface area contributed by atoms with Gasteiger partial charge in [-0.05, 0) is 55.9 Å². The molecule has 1 aromatic heterocycles. The summed E-state index contributed by atoms with van der Waals surface area (Å²) in [6.45, 7) is 2.22. The zero-order chi connectivity index (χ0) is 13.9. The van der Waals surface area contributed by atoms with Gasteiger partial charge >= 0.3 is 0 Å². The van der Waals surface area contributed by atoms with Gasteiger partial charge in [0, 0.05) is 17.0 Å². The molecule has 0 aromatic carbocycles. The average molecular weight is 287 g/mol. The molecule has 2 aliphatic rings. The first kappa shape index (κ1) is 13.8. The van der Waals surface area contributed by atoms with E-state index >= 15 is 0 Å². The molecule has 4 heteroatoms. The predicted octanol–water partition coefficient (Wildman–Crippen LogP) is 3.53. The number of thioether (sulfide) groups is 1. The number of pyridine rings is 1. The quantitative estimate of drug-likeness (QED) is 0.920. The van der Waals surface area contributed by atoms with E-state index in [4.69, 9.17) is 4.98 Å². The van der Waals surface area contributed by atoms with E-state index in [1.54, 1.807) is 0 Å². The van der Waals surface area contributed by atoms with Crippen LogP contribution in [0.5, 0.6) is 0 Å². The minimum absolute atomic E-state index is 0.484. The topological polar surface area (TPSA) is 48.7 Å². The molecule has 0 spiro atoms. The lowest BCUT2D eigenvalue weighted by molar-refractivity contribution is 0.750. The molecule has 0 radical (unpaired) electrons. The van der Waals surface area contributed by atoms with E-state index in [1.807, 2.05) is 6.07 Å². The third-order valence-electron chi connectivity index (χ3n) is 4.30. The third kappa shape index (κ3) is 2.78. The summed E-state index contributed by atoms with van der Waals surface area (Å²) in [6, 6.07) is 4.84. The number of nitrogens with zero attached hydrogens (tertiary/aromatic N) is 2. The minimum atomic E-state index is 0.484. The van der Waals surface area contributed by atoms with Crippen molar-refractivity contribution in [3.63, 3.8) is 0 Å². The van der Waals surface area contributed by atoms with Gasteiger partial charge < -0.3 is 5.32 Å². The SMILES string of the molecule is CCSC1CCC(Nc2nc3c(cc2C#N)CCC3)C1. The maximum atomic E-state index is 9.33. The zero-order valence-electron chi connectivity index (χ0n) is 12.0. The number of aryl methyl sites for hydroxylation is 2. The molecule has 3 nitrogen and oxygen atoms in total. The number of aromatic nitrogens is 1. The first-order valence-electron chi connectivity index (χ1n) is 7.61. The van der Waals surface area contributed by atoms with Gasteiger partial charge in [-0.25, -0.2) is 4.98 Å². The van der Waals surface area contributed by atoms with Crippen LogP contribution >= 0.6 is 11.8 Å². The largest absolute Gasteiger partial charge is 0.366 e. The Bertz CT molecular complexity index is 535. The van der Waals surface area contributed by atoms with Crippen molar-refractivity contribution in [2.75, 3.05) is 11.1 Å². The lowest BCUT2D eigenvalue weighted by Gasteiger charge is -2.16. The molecule has 0 amide bonds. The van der Waals surface area contributed by atoms with Crippen LogP contribution in [-0.2, 0) is 12.8 Å². The van der Waals surface area contributed by atoms with E-state index < -0.39 is 0 Å².